The highest BCUT2D eigenvalue weighted by Gasteiger charge is 2.08. The van der Waals surface area contributed by atoms with Crippen molar-refractivity contribution in [1.29, 1.82) is 0 Å². The smallest absolute Gasteiger partial charge is 0.195 e. The molecular formula is C11H16FN3. The van der Waals surface area contributed by atoms with E-state index in [4.69, 9.17) is 5.73 Å². The number of hydrogen-bond donors (Lipinski definition) is 1. The van der Waals surface area contributed by atoms with Gasteiger partial charge in [0.05, 0.1) is 0 Å². The van der Waals surface area contributed by atoms with Gasteiger partial charge < -0.3 is 10.6 Å². The van der Waals surface area contributed by atoms with E-state index in [2.05, 4.69) is 4.99 Å². The third-order valence-corrected chi connectivity index (χ3v) is 2.03. The van der Waals surface area contributed by atoms with Crippen LogP contribution in [0.15, 0.2) is 29.3 Å². The number of rotatable bonds is 3. The summed E-state index contributed by atoms with van der Waals surface area (Å²) in [5, 5.41) is 0. The van der Waals surface area contributed by atoms with Crippen LogP contribution < -0.4 is 10.6 Å². The second kappa shape index (κ2) is 5.34. The largest absolute Gasteiger partial charge is 0.370 e. The molecule has 0 aromatic heterocycles. The average molecular weight is 209 g/mol. The maximum Gasteiger partial charge on any atom is 0.195 e. The Kier molecular flexibility index (Phi) is 4.09. The highest BCUT2D eigenvalue weighted by molar-refractivity contribution is 5.94. The molecule has 2 N–H and O–H groups in total. The van der Waals surface area contributed by atoms with Gasteiger partial charge in [-0.25, -0.2) is 4.39 Å². The molecule has 0 bridgehead atoms. The predicted molar refractivity (Wildman–Crippen MR) is 61.6 cm³/mol. The first kappa shape index (κ1) is 11.5. The van der Waals surface area contributed by atoms with Gasteiger partial charge in [0, 0.05) is 18.8 Å². The molecule has 0 saturated heterocycles. The molecule has 0 saturated carbocycles. The maximum absolute atomic E-state index is 13.0. The normalized spacial score (nSPS) is 11.5. The summed E-state index contributed by atoms with van der Waals surface area (Å²) < 4.78 is 13.0. The van der Waals surface area contributed by atoms with Gasteiger partial charge in [0.15, 0.2) is 5.96 Å². The van der Waals surface area contributed by atoms with Crippen LogP contribution in [0, 0.1) is 5.82 Å². The van der Waals surface area contributed by atoms with Gasteiger partial charge in [-0.1, -0.05) is 6.07 Å². The van der Waals surface area contributed by atoms with Gasteiger partial charge >= 0.3 is 0 Å². The summed E-state index contributed by atoms with van der Waals surface area (Å²) in [7, 11) is 0. The predicted octanol–water partition coefficient (Wildman–Crippen LogP) is 1.99. The number of anilines is 1. The third kappa shape index (κ3) is 2.94. The van der Waals surface area contributed by atoms with Crippen molar-refractivity contribution in [3.8, 4) is 0 Å². The van der Waals surface area contributed by atoms with Crippen molar-refractivity contribution in [2.75, 3.05) is 18.0 Å². The molecule has 0 aliphatic carbocycles. The number of nitrogens with zero attached hydrogens (tertiary/aromatic N) is 2. The highest BCUT2D eigenvalue weighted by atomic mass is 19.1. The zero-order valence-electron chi connectivity index (χ0n) is 9.07. The molecule has 0 aliphatic rings. The van der Waals surface area contributed by atoms with E-state index >= 15 is 0 Å². The molecule has 0 heterocycles. The quantitative estimate of drug-likeness (QED) is 0.611. The second-order valence-corrected chi connectivity index (χ2v) is 3.06. The fourth-order valence-corrected chi connectivity index (χ4v) is 1.37. The van der Waals surface area contributed by atoms with Gasteiger partial charge in [0.2, 0.25) is 0 Å². The number of benzene rings is 1. The molecule has 1 aromatic carbocycles. The lowest BCUT2D eigenvalue weighted by molar-refractivity contribution is 0.627. The second-order valence-electron chi connectivity index (χ2n) is 3.06. The molecule has 0 amide bonds. The Bertz CT molecular complexity index is 349. The zero-order chi connectivity index (χ0) is 11.3. The van der Waals surface area contributed by atoms with E-state index in [1.165, 1.54) is 12.1 Å². The van der Waals surface area contributed by atoms with Crippen molar-refractivity contribution < 1.29 is 4.39 Å². The van der Waals surface area contributed by atoms with Crippen molar-refractivity contribution in [3.63, 3.8) is 0 Å². The Hall–Kier alpha value is -1.58. The Morgan fingerprint density at radius 3 is 2.73 bits per heavy atom. The lowest BCUT2D eigenvalue weighted by Gasteiger charge is -2.21. The van der Waals surface area contributed by atoms with Crippen LogP contribution in [0.5, 0.6) is 0 Å². The molecule has 0 spiro atoms. The number of guanidine groups is 1. The average Bonchev–Trinajstić information content (AvgIpc) is 2.19. The monoisotopic (exact) mass is 209 g/mol. The van der Waals surface area contributed by atoms with Crippen LogP contribution in [0.3, 0.4) is 0 Å². The van der Waals surface area contributed by atoms with Gasteiger partial charge in [-0.15, -0.1) is 0 Å². The standard InChI is InChI=1S/C11H16FN3/c1-3-14-11(13)15(4-2)10-7-5-6-9(12)8-10/h5-8H,3-4H2,1-2H3,(H2,13,14). The Morgan fingerprint density at radius 2 is 2.20 bits per heavy atom. The van der Waals surface area contributed by atoms with Crippen LogP contribution in [-0.2, 0) is 0 Å². The van der Waals surface area contributed by atoms with Crippen LogP contribution in [-0.4, -0.2) is 19.0 Å². The van der Waals surface area contributed by atoms with Crippen molar-refractivity contribution in [3.05, 3.63) is 30.1 Å². The van der Waals surface area contributed by atoms with E-state index in [0.717, 1.165) is 5.69 Å². The minimum absolute atomic E-state index is 0.268. The number of aliphatic imine (C=N–C) groups is 1. The summed E-state index contributed by atoms with van der Waals surface area (Å²) in [4.78, 5) is 5.87. The number of nitrogens with two attached hydrogens (primary N) is 1. The maximum atomic E-state index is 13.0. The van der Waals surface area contributed by atoms with Gasteiger partial charge in [-0.05, 0) is 32.0 Å². The van der Waals surface area contributed by atoms with E-state index in [9.17, 15) is 4.39 Å². The SMILES string of the molecule is CCN=C(N)N(CC)c1cccc(F)c1. The van der Waals surface area contributed by atoms with E-state index in [0.29, 0.717) is 19.0 Å². The van der Waals surface area contributed by atoms with E-state index < -0.39 is 0 Å². The van der Waals surface area contributed by atoms with Crippen LogP contribution >= 0.6 is 0 Å². The Morgan fingerprint density at radius 1 is 1.47 bits per heavy atom. The van der Waals surface area contributed by atoms with E-state index in [1.54, 1.807) is 11.0 Å². The molecule has 1 aromatic rings. The lowest BCUT2D eigenvalue weighted by Crippen LogP contribution is -2.37. The Labute approximate surface area is 89.4 Å². The number of hydrogen-bond acceptors (Lipinski definition) is 1. The minimum Gasteiger partial charge on any atom is -0.370 e. The van der Waals surface area contributed by atoms with E-state index in [-0.39, 0.29) is 5.82 Å². The summed E-state index contributed by atoms with van der Waals surface area (Å²) in [6.45, 7) is 5.14. The van der Waals surface area contributed by atoms with E-state index in [1.807, 2.05) is 19.9 Å². The van der Waals surface area contributed by atoms with Crippen LogP contribution in [0.25, 0.3) is 0 Å². The van der Waals surface area contributed by atoms with Crippen LogP contribution in [0.2, 0.25) is 0 Å². The molecule has 0 radical (unpaired) electrons. The van der Waals surface area contributed by atoms with Gasteiger partial charge in [-0.2, -0.15) is 0 Å². The van der Waals surface area contributed by atoms with Gasteiger partial charge in [0.25, 0.3) is 0 Å². The minimum atomic E-state index is -0.268. The van der Waals surface area contributed by atoms with Crippen LogP contribution in [0.4, 0.5) is 10.1 Å². The highest BCUT2D eigenvalue weighted by Crippen LogP contribution is 2.14. The van der Waals surface area contributed by atoms with Crippen molar-refractivity contribution >= 4 is 11.6 Å². The van der Waals surface area contributed by atoms with Crippen molar-refractivity contribution in [2.45, 2.75) is 13.8 Å². The summed E-state index contributed by atoms with van der Waals surface area (Å²) in [5.74, 6) is 0.154. The molecule has 0 aliphatic heterocycles. The molecule has 0 unspecified atom stereocenters. The first-order valence-corrected chi connectivity index (χ1v) is 5.02. The summed E-state index contributed by atoms with van der Waals surface area (Å²) in [5.41, 5.74) is 6.50. The first-order chi connectivity index (χ1) is 7.19. The molecule has 0 fully saturated rings. The topological polar surface area (TPSA) is 41.6 Å². The molecule has 3 nitrogen and oxygen atoms in total. The summed E-state index contributed by atoms with van der Waals surface area (Å²) >= 11 is 0. The fraction of sp³-hybridized carbons (Fsp3) is 0.364. The fourth-order valence-electron chi connectivity index (χ4n) is 1.37. The molecule has 4 heteroatoms. The molecule has 15 heavy (non-hydrogen) atoms. The molecule has 82 valence electrons. The lowest BCUT2D eigenvalue weighted by atomic mass is 10.3. The zero-order valence-corrected chi connectivity index (χ0v) is 9.07. The van der Waals surface area contributed by atoms with Crippen molar-refractivity contribution in [2.24, 2.45) is 10.7 Å². The molecule has 1 rings (SSSR count). The van der Waals surface area contributed by atoms with Crippen LogP contribution in [0.1, 0.15) is 13.8 Å². The third-order valence-electron chi connectivity index (χ3n) is 2.03. The Balaban J connectivity index is 2.97. The summed E-state index contributed by atoms with van der Waals surface area (Å²) in [6, 6.07) is 6.32. The van der Waals surface area contributed by atoms with Gasteiger partial charge in [0.1, 0.15) is 5.82 Å². The molecule has 0 atom stereocenters. The van der Waals surface area contributed by atoms with Gasteiger partial charge in [-0.3, -0.25) is 4.99 Å². The summed E-state index contributed by atoms with van der Waals surface area (Å²) in [6.07, 6.45) is 0. The molecular weight excluding hydrogens is 193 g/mol. The number of halogens is 1. The van der Waals surface area contributed by atoms with Crippen molar-refractivity contribution in [1.82, 2.24) is 0 Å². The first-order valence-electron chi connectivity index (χ1n) is 5.02.